The summed E-state index contributed by atoms with van der Waals surface area (Å²) >= 11 is 0. The Bertz CT molecular complexity index is 5040. The summed E-state index contributed by atoms with van der Waals surface area (Å²) in [6.45, 7) is 0. The van der Waals surface area contributed by atoms with Crippen LogP contribution in [-0.2, 0) is 0 Å². The molecule has 0 atom stereocenters. The van der Waals surface area contributed by atoms with Gasteiger partial charge in [-0.1, -0.05) is 169 Å². The second-order valence-corrected chi connectivity index (χ2v) is 16.3. The molecule has 14 aromatic rings. The van der Waals surface area contributed by atoms with Gasteiger partial charge in [-0.3, -0.25) is 4.57 Å². The first-order chi connectivity index (χ1) is 41.7. The molecule has 4 aromatic heterocycles. The summed E-state index contributed by atoms with van der Waals surface area (Å²) in [7, 11) is 0. The Hall–Kier alpha value is -9.39. The molecule has 0 bridgehead atoms. The van der Waals surface area contributed by atoms with Crippen LogP contribution in [0.15, 0.2) is 242 Å². The molecule has 0 N–H and O–H groups in total. The van der Waals surface area contributed by atoms with E-state index in [0.717, 1.165) is 0 Å². The van der Waals surface area contributed by atoms with E-state index >= 15 is 0 Å². The Labute approximate surface area is 422 Å². The molecule has 4 heterocycles. The van der Waals surface area contributed by atoms with E-state index in [9.17, 15) is 2.74 Å². The van der Waals surface area contributed by atoms with Gasteiger partial charge in [-0.25, -0.2) is 4.98 Å². The van der Waals surface area contributed by atoms with Crippen LogP contribution in [0, 0.1) is 0 Å². The minimum Gasteiger partial charge on any atom is -0.309 e. The van der Waals surface area contributed by atoms with Crippen LogP contribution in [0.25, 0.3) is 128 Å². The quantitative estimate of drug-likeness (QED) is 0.160. The zero-order valence-corrected chi connectivity index (χ0v) is 35.9. The number of benzene rings is 10. The Morgan fingerprint density at radius 1 is 0.290 bits per heavy atom. The lowest BCUT2D eigenvalue weighted by molar-refractivity contribution is 0.950. The molecular formula is C63H40N6. The lowest BCUT2D eigenvalue weighted by atomic mass is 10.0. The maximum Gasteiger partial charge on any atom is 0.238 e. The van der Waals surface area contributed by atoms with Crippen LogP contribution in [0.1, 0.15) is 24.7 Å². The summed E-state index contributed by atoms with van der Waals surface area (Å²) in [6, 6.07) is 30.5. The molecule has 0 aliphatic rings. The molecule has 10 aromatic carbocycles. The van der Waals surface area contributed by atoms with E-state index in [1.807, 2.05) is 12.1 Å². The first-order valence-electron chi connectivity index (χ1n) is 30.9. The van der Waals surface area contributed by atoms with Crippen LogP contribution in [-0.4, -0.2) is 28.7 Å². The van der Waals surface area contributed by atoms with E-state index in [4.69, 9.17) is 36.9 Å². The molecule has 0 spiro atoms. The van der Waals surface area contributed by atoms with Gasteiger partial charge in [0.2, 0.25) is 5.95 Å². The summed E-state index contributed by atoms with van der Waals surface area (Å²) in [6.07, 6.45) is 0. The van der Waals surface area contributed by atoms with Gasteiger partial charge >= 0.3 is 0 Å². The van der Waals surface area contributed by atoms with Gasteiger partial charge in [0.15, 0.2) is 11.6 Å². The van der Waals surface area contributed by atoms with Gasteiger partial charge in [-0.15, -0.1) is 0 Å². The maximum atomic E-state index is 9.36. The first-order valence-corrected chi connectivity index (χ1v) is 21.9. The van der Waals surface area contributed by atoms with Crippen molar-refractivity contribution in [2.75, 3.05) is 0 Å². The van der Waals surface area contributed by atoms with Crippen molar-refractivity contribution in [1.82, 2.24) is 28.7 Å². The van der Waals surface area contributed by atoms with Crippen molar-refractivity contribution in [1.29, 1.82) is 0 Å². The van der Waals surface area contributed by atoms with Crippen molar-refractivity contribution in [2.24, 2.45) is 0 Å². The third kappa shape index (κ3) is 6.16. The smallest absolute Gasteiger partial charge is 0.238 e. The van der Waals surface area contributed by atoms with Crippen molar-refractivity contribution in [3.63, 3.8) is 0 Å². The van der Waals surface area contributed by atoms with E-state index in [-0.39, 0.29) is 85.8 Å². The molecule has 6 nitrogen and oxygen atoms in total. The van der Waals surface area contributed by atoms with Gasteiger partial charge in [0, 0.05) is 43.4 Å². The number of hydrogen-bond donors (Lipinski definition) is 0. The van der Waals surface area contributed by atoms with Gasteiger partial charge in [0.1, 0.15) is 0 Å². The molecule has 0 saturated carbocycles. The second-order valence-electron chi connectivity index (χ2n) is 16.3. The molecule has 0 radical (unpaired) electrons. The zero-order valence-electron chi connectivity index (χ0n) is 53.9. The summed E-state index contributed by atoms with van der Waals surface area (Å²) in [5.41, 5.74) is 4.15. The minimum absolute atomic E-state index is 0.0148. The fraction of sp³-hybridized carbons (Fsp3) is 0. The fourth-order valence-corrected chi connectivity index (χ4v) is 9.60. The molecular weight excluding hydrogens is 841 g/mol. The zero-order chi connectivity index (χ0) is 61.1. The molecule has 0 amide bonds. The molecule has 14 rings (SSSR count). The van der Waals surface area contributed by atoms with Gasteiger partial charge in [0.25, 0.3) is 0 Å². The number of aromatic nitrogens is 6. The topological polar surface area (TPSA) is 53.5 Å². The standard InChI is InChI=1S/C63H40N6/c1-3-19-41(20-4-1)43-35-37-59-51(39-43)52-40-44(42-21-5-2-6-22-42)36-38-60(52)69(59)63-65-61(49-27-11-17-33-57(49)67-53-29-13-7-23-45(53)46-24-8-14-30-54(46)67)64-62(66-63)50-28-12-18-34-58(50)68-55-31-15-9-25-47(55)48-26-10-16-32-56(48)68/h1-40H/i1D,2D,3D,4D,5D,6D,7D,9D,13D,15D,19D,20D,21D,22D,23D,25D,29D,31D. The van der Waals surface area contributed by atoms with Crippen LogP contribution in [0.5, 0.6) is 0 Å². The summed E-state index contributed by atoms with van der Waals surface area (Å²) in [5.74, 6) is 0.0922. The van der Waals surface area contributed by atoms with Crippen molar-refractivity contribution < 1.29 is 24.7 Å². The SMILES string of the molecule is [2H]c1c([2H])c([2H])c(-c2ccc3c(c2)c2cc(-c4c([2H])c([2H])c([2H])c([2H])c4[2H])ccc2n3-c2nc(-c3ccccc3-n3c4ccccc4c4c([2H])c([2H])c([2H])c([2H])c43)nc(-c3ccccc3-n3c4ccccc4c4c([2H])c([2H])c([2H])c([2H])c43)n2)c([2H])c1[2H]. The van der Waals surface area contributed by atoms with Crippen LogP contribution >= 0.6 is 0 Å². The summed E-state index contributed by atoms with van der Waals surface area (Å²) in [5, 5.41) is 2.51. The van der Waals surface area contributed by atoms with Gasteiger partial charge in [-0.05, 0) is 95.0 Å². The Kier molecular flexibility index (Phi) is 5.64. The Balaban J connectivity index is 1.12. The van der Waals surface area contributed by atoms with Crippen LogP contribution in [0.2, 0.25) is 0 Å². The van der Waals surface area contributed by atoms with Gasteiger partial charge in [-0.2, -0.15) is 9.97 Å². The van der Waals surface area contributed by atoms with Crippen molar-refractivity contribution >= 4 is 65.4 Å². The summed E-state index contributed by atoms with van der Waals surface area (Å²) in [4.78, 5) is 15.9. The van der Waals surface area contributed by atoms with Crippen molar-refractivity contribution in [3.05, 3.63) is 242 Å². The highest BCUT2D eigenvalue weighted by molar-refractivity contribution is 6.13. The molecule has 0 unspecified atom stereocenters. The molecule has 0 fully saturated rings. The van der Waals surface area contributed by atoms with E-state index in [1.54, 1.807) is 135 Å². The lowest BCUT2D eigenvalue weighted by Gasteiger charge is -2.17. The monoisotopic (exact) mass is 898 g/mol. The minimum atomic E-state index is -0.579. The van der Waals surface area contributed by atoms with E-state index < -0.39 is 84.6 Å². The van der Waals surface area contributed by atoms with Crippen LogP contribution in [0.4, 0.5) is 0 Å². The fourth-order valence-electron chi connectivity index (χ4n) is 9.60. The number of hydrogen-bond acceptors (Lipinski definition) is 3. The number of para-hydroxylation sites is 6. The number of nitrogens with zero attached hydrogens (tertiary/aromatic N) is 6. The highest BCUT2D eigenvalue weighted by Crippen LogP contribution is 2.41. The molecule has 69 heavy (non-hydrogen) atoms. The highest BCUT2D eigenvalue weighted by atomic mass is 15.2. The highest BCUT2D eigenvalue weighted by Gasteiger charge is 2.24. The van der Waals surface area contributed by atoms with Gasteiger partial charge < -0.3 is 9.13 Å². The maximum absolute atomic E-state index is 9.36. The Morgan fingerprint density at radius 2 is 0.696 bits per heavy atom. The molecule has 0 saturated heterocycles. The second kappa shape index (κ2) is 15.6. The van der Waals surface area contributed by atoms with Crippen LogP contribution < -0.4 is 0 Å². The molecule has 6 heteroatoms. The lowest BCUT2D eigenvalue weighted by Crippen LogP contribution is -2.09. The summed E-state index contributed by atoms with van der Waals surface area (Å²) < 4.78 is 164. The van der Waals surface area contributed by atoms with Gasteiger partial charge in [0.05, 0.1) is 69.1 Å². The predicted octanol–water partition coefficient (Wildman–Crippen LogP) is 15.8. The van der Waals surface area contributed by atoms with Crippen molar-refractivity contribution in [3.8, 4) is 62.4 Å². The predicted molar refractivity (Wildman–Crippen MR) is 285 cm³/mol. The first kappa shape index (κ1) is 24.9. The number of rotatable bonds is 7. The average Bonchev–Trinajstić information content (AvgIpc) is 1.62. The third-order valence-corrected chi connectivity index (χ3v) is 12.5. The molecule has 322 valence electrons. The average molecular weight is 899 g/mol. The van der Waals surface area contributed by atoms with Crippen molar-refractivity contribution in [2.45, 2.75) is 0 Å². The number of fused-ring (bicyclic) bond motifs is 9. The third-order valence-electron chi connectivity index (χ3n) is 12.5. The Morgan fingerprint density at radius 3 is 1.19 bits per heavy atom. The molecule has 0 aliphatic carbocycles. The largest absolute Gasteiger partial charge is 0.309 e. The van der Waals surface area contributed by atoms with E-state index in [0.29, 0.717) is 66.1 Å². The van der Waals surface area contributed by atoms with E-state index in [2.05, 4.69) is 0 Å². The molecule has 0 aliphatic heterocycles. The van der Waals surface area contributed by atoms with E-state index in [1.165, 1.54) is 0 Å². The normalized spacial score (nSPS) is 15.4. The van der Waals surface area contributed by atoms with Crippen LogP contribution in [0.3, 0.4) is 0 Å².